The molecule has 3 heteroatoms. The van der Waals surface area contributed by atoms with Crippen molar-refractivity contribution in [2.24, 2.45) is 5.41 Å². The molecular weight excluding hydrogens is 464 g/mol. The van der Waals surface area contributed by atoms with Gasteiger partial charge in [0.25, 0.3) is 0 Å². The van der Waals surface area contributed by atoms with E-state index in [1.807, 2.05) is 18.5 Å². The maximum absolute atomic E-state index is 12.4. The number of carbonyl (C=O) groups excluding carboxylic acids is 1. The predicted octanol–water partition coefficient (Wildman–Crippen LogP) is 7.77. The summed E-state index contributed by atoms with van der Waals surface area (Å²) in [6.07, 6.45) is 6.73. The summed E-state index contributed by atoms with van der Waals surface area (Å²) >= 11 is 0. The van der Waals surface area contributed by atoms with Gasteiger partial charge in [-0.1, -0.05) is 129 Å². The van der Waals surface area contributed by atoms with Gasteiger partial charge in [-0.3, -0.25) is 4.79 Å². The summed E-state index contributed by atoms with van der Waals surface area (Å²) in [5.74, 6) is 0.228. The zero-order valence-electron chi connectivity index (χ0n) is 21.7. The molecular formula is C35H30N2O. The molecule has 0 aliphatic heterocycles. The van der Waals surface area contributed by atoms with E-state index >= 15 is 0 Å². The largest absolute Gasteiger partial charge is 0.318 e. The van der Waals surface area contributed by atoms with Crippen molar-refractivity contribution in [1.29, 1.82) is 0 Å². The second-order valence-electron chi connectivity index (χ2n) is 10.6. The summed E-state index contributed by atoms with van der Waals surface area (Å²) < 4.78 is 2.23. The third-order valence-corrected chi connectivity index (χ3v) is 7.71. The van der Waals surface area contributed by atoms with E-state index in [4.69, 9.17) is 4.98 Å². The molecule has 0 radical (unpaired) electrons. The lowest BCUT2D eigenvalue weighted by Gasteiger charge is -2.37. The number of nitrogens with zero attached hydrogens (tertiary/aromatic N) is 2. The molecule has 0 spiro atoms. The topological polar surface area (TPSA) is 34.9 Å². The Bertz CT molecular complexity index is 1520. The molecule has 1 aliphatic rings. The Kier molecular flexibility index (Phi) is 5.92. The number of hydrogen-bond acceptors (Lipinski definition) is 2. The SMILES string of the molecule is CC1(C)CC(=O)C1=Cc1ccccc1-c1cn(C(c2ccccc2)(c2ccccc2)c2ccccc2)cn1. The number of imidazole rings is 1. The molecule has 1 fully saturated rings. The molecule has 4 aromatic carbocycles. The zero-order valence-corrected chi connectivity index (χ0v) is 21.7. The van der Waals surface area contributed by atoms with Crippen molar-refractivity contribution in [2.75, 3.05) is 0 Å². The van der Waals surface area contributed by atoms with Gasteiger partial charge in [-0.05, 0) is 28.3 Å². The maximum Gasteiger partial charge on any atom is 0.160 e. The number of benzene rings is 4. The molecule has 1 aromatic heterocycles. The van der Waals surface area contributed by atoms with Gasteiger partial charge in [-0.15, -0.1) is 0 Å². The van der Waals surface area contributed by atoms with Crippen LogP contribution in [0.1, 0.15) is 42.5 Å². The number of carbonyl (C=O) groups is 1. The van der Waals surface area contributed by atoms with Crippen LogP contribution in [0.3, 0.4) is 0 Å². The van der Waals surface area contributed by atoms with Crippen molar-refractivity contribution in [3.63, 3.8) is 0 Å². The van der Waals surface area contributed by atoms with Crippen LogP contribution >= 0.6 is 0 Å². The van der Waals surface area contributed by atoms with Crippen molar-refractivity contribution < 1.29 is 4.79 Å². The van der Waals surface area contributed by atoms with Crippen LogP contribution in [0, 0.1) is 5.41 Å². The van der Waals surface area contributed by atoms with E-state index in [1.54, 1.807) is 0 Å². The average molecular weight is 495 g/mol. The summed E-state index contributed by atoms with van der Waals surface area (Å²) in [5, 5.41) is 0. The van der Waals surface area contributed by atoms with E-state index in [2.05, 4.69) is 134 Å². The Morgan fingerprint density at radius 1 is 0.737 bits per heavy atom. The van der Waals surface area contributed by atoms with Crippen LogP contribution in [0.5, 0.6) is 0 Å². The van der Waals surface area contributed by atoms with Gasteiger partial charge >= 0.3 is 0 Å². The lowest BCUT2D eigenvalue weighted by molar-refractivity contribution is -0.122. The Hall–Kier alpha value is -4.50. The molecule has 0 unspecified atom stereocenters. The lowest BCUT2D eigenvalue weighted by atomic mass is 9.65. The monoisotopic (exact) mass is 494 g/mol. The van der Waals surface area contributed by atoms with E-state index in [-0.39, 0.29) is 11.2 Å². The molecule has 0 N–H and O–H groups in total. The number of hydrogen-bond donors (Lipinski definition) is 0. The second-order valence-corrected chi connectivity index (χ2v) is 10.6. The van der Waals surface area contributed by atoms with Gasteiger partial charge in [0.1, 0.15) is 5.54 Å². The third kappa shape index (κ3) is 3.92. The van der Waals surface area contributed by atoms with Crippen molar-refractivity contribution in [3.05, 3.63) is 156 Å². The van der Waals surface area contributed by atoms with Crippen molar-refractivity contribution in [3.8, 4) is 11.3 Å². The Balaban J connectivity index is 1.57. The molecule has 1 aliphatic carbocycles. The summed E-state index contributed by atoms with van der Waals surface area (Å²) in [4.78, 5) is 17.4. The number of Topliss-reactive ketones (excluding diaryl/α,β-unsaturated/α-hetero) is 1. The van der Waals surface area contributed by atoms with E-state index in [9.17, 15) is 4.79 Å². The zero-order chi connectivity index (χ0) is 26.2. The highest BCUT2D eigenvalue weighted by Gasteiger charge is 2.41. The number of aromatic nitrogens is 2. The number of rotatable bonds is 6. The minimum absolute atomic E-state index is 0.0906. The molecule has 5 aromatic rings. The molecule has 6 rings (SSSR count). The molecule has 3 nitrogen and oxygen atoms in total. The molecule has 0 atom stereocenters. The van der Waals surface area contributed by atoms with Crippen LogP contribution in [-0.2, 0) is 10.3 Å². The highest BCUT2D eigenvalue weighted by atomic mass is 16.1. The summed E-state index contributed by atoms with van der Waals surface area (Å²) in [7, 11) is 0. The van der Waals surface area contributed by atoms with Gasteiger partial charge < -0.3 is 4.57 Å². The smallest absolute Gasteiger partial charge is 0.160 e. The fourth-order valence-corrected chi connectivity index (χ4v) is 5.78. The first-order valence-electron chi connectivity index (χ1n) is 13.1. The molecule has 0 amide bonds. The van der Waals surface area contributed by atoms with Gasteiger partial charge in [-0.2, -0.15) is 0 Å². The first-order chi connectivity index (χ1) is 18.5. The van der Waals surface area contributed by atoms with Crippen LogP contribution in [-0.4, -0.2) is 15.3 Å². The number of allylic oxidation sites excluding steroid dienone is 1. The lowest BCUT2D eigenvalue weighted by Crippen LogP contribution is -2.36. The van der Waals surface area contributed by atoms with E-state index in [0.717, 1.165) is 39.1 Å². The first kappa shape index (κ1) is 23.9. The summed E-state index contributed by atoms with van der Waals surface area (Å²) in [6, 6.07) is 40.0. The highest BCUT2D eigenvalue weighted by Crippen LogP contribution is 2.45. The number of ketones is 1. The summed E-state index contributed by atoms with van der Waals surface area (Å²) in [6.45, 7) is 4.26. The van der Waals surface area contributed by atoms with Crippen LogP contribution in [0.2, 0.25) is 0 Å². The van der Waals surface area contributed by atoms with Gasteiger partial charge in [0.15, 0.2) is 5.78 Å². The molecule has 1 heterocycles. The van der Waals surface area contributed by atoms with E-state index in [0.29, 0.717) is 6.42 Å². The Morgan fingerprint density at radius 2 is 1.24 bits per heavy atom. The van der Waals surface area contributed by atoms with Crippen LogP contribution in [0.4, 0.5) is 0 Å². The van der Waals surface area contributed by atoms with Gasteiger partial charge in [-0.25, -0.2) is 4.98 Å². The fourth-order valence-electron chi connectivity index (χ4n) is 5.78. The molecule has 38 heavy (non-hydrogen) atoms. The Morgan fingerprint density at radius 3 is 1.74 bits per heavy atom. The molecule has 0 saturated heterocycles. The minimum atomic E-state index is -0.617. The van der Waals surface area contributed by atoms with Crippen molar-refractivity contribution in [2.45, 2.75) is 25.8 Å². The van der Waals surface area contributed by atoms with Gasteiger partial charge in [0.05, 0.1) is 12.0 Å². The fraction of sp³-hybridized carbons (Fsp3) is 0.143. The van der Waals surface area contributed by atoms with Gasteiger partial charge in [0, 0.05) is 29.2 Å². The van der Waals surface area contributed by atoms with Crippen molar-refractivity contribution in [1.82, 2.24) is 9.55 Å². The second kappa shape index (κ2) is 9.42. The summed E-state index contributed by atoms with van der Waals surface area (Å²) in [5.41, 5.74) is 6.53. The van der Waals surface area contributed by atoms with E-state index < -0.39 is 5.54 Å². The van der Waals surface area contributed by atoms with Crippen LogP contribution < -0.4 is 0 Å². The third-order valence-electron chi connectivity index (χ3n) is 7.71. The quantitative estimate of drug-likeness (QED) is 0.178. The minimum Gasteiger partial charge on any atom is -0.318 e. The molecule has 0 bridgehead atoms. The van der Waals surface area contributed by atoms with Gasteiger partial charge in [0.2, 0.25) is 0 Å². The normalized spacial score (nSPS) is 15.8. The van der Waals surface area contributed by atoms with Crippen LogP contribution in [0.15, 0.2) is 133 Å². The van der Waals surface area contributed by atoms with Crippen molar-refractivity contribution >= 4 is 11.9 Å². The maximum atomic E-state index is 12.4. The predicted molar refractivity (Wildman–Crippen MR) is 154 cm³/mol. The van der Waals surface area contributed by atoms with Crippen LogP contribution in [0.25, 0.3) is 17.3 Å². The average Bonchev–Trinajstić information content (AvgIpc) is 3.44. The standard InChI is InChI=1S/C35H30N2O/c1-34(2)23-33(38)31(34)22-26-14-12-13-21-30(26)32-24-37(25-36-32)35(27-15-6-3-7-16-27,28-17-8-4-9-18-28)29-19-10-5-11-20-29/h3-22,24-25H,23H2,1-2H3. The van der Waals surface area contributed by atoms with E-state index in [1.165, 1.54) is 0 Å². The first-order valence-corrected chi connectivity index (χ1v) is 13.1. The highest BCUT2D eigenvalue weighted by molar-refractivity contribution is 6.08. The Labute approximate surface area is 224 Å². The molecule has 186 valence electrons. The molecule has 1 saturated carbocycles.